The number of carboxylic acids is 1. The number of thiol groups is 1. The fourth-order valence-electron chi connectivity index (χ4n) is 1.53. The number of rotatable bonds is 6. The maximum absolute atomic E-state index is 11.7. The highest BCUT2D eigenvalue weighted by Gasteiger charge is 2.23. The summed E-state index contributed by atoms with van der Waals surface area (Å²) in [6.07, 6.45) is 0.00814. The van der Waals surface area contributed by atoms with Crippen molar-refractivity contribution in [3.63, 3.8) is 0 Å². The lowest BCUT2D eigenvalue weighted by molar-refractivity contribution is -0.142. The first-order valence-corrected chi connectivity index (χ1v) is 6.63. The predicted molar refractivity (Wildman–Crippen MR) is 76.1 cm³/mol. The molecule has 0 heterocycles. The van der Waals surface area contributed by atoms with Crippen LogP contribution < -0.4 is 5.32 Å². The van der Waals surface area contributed by atoms with Crippen LogP contribution in [0.25, 0.3) is 0 Å². The third-order valence-electron chi connectivity index (χ3n) is 2.82. The quantitative estimate of drug-likeness (QED) is 0.394. The molecule has 0 saturated heterocycles. The van der Waals surface area contributed by atoms with Gasteiger partial charge in [-0.25, -0.2) is 4.79 Å². The van der Waals surface area contributed by atoms with E-state index in [1.165, 1.54) is 18.2 Å². The monoisotopic (exact) mass is 299 g/mol. The highest BCUT2D eigenvalue weighted by atomic mass is 32.1. The molecular formula is C13H17NO5S. The molecule has 110 valence electrons. The van der Waals surface area contributed by atoms with Crippen molar-refractivity contribution >= 4 is 24.5 Å². The molecule has 0 aliphatic heterocycles. The van der Waals surface area contributed by atoms with Crippen LogP contribution in [0.15, 0.2) is 18.2 Å². The molecule has 0 spiro atoms. The maximum atomic E-state index is 11.7. The molecule has 0 aromatic heterocycles. The largest absolute Gasteiger partial charge is 0.504 e. The molecule has 0 aliphatic rings. The molecule has 7 heteroatoms. The molecule has 0 fully saturated rings. The Morgan fingerprint density at radius 1 is 1.30 bits per heavy atom. The predicted octanol–water partition coefficient (Wildman–Crippen LogP) is 0.776. The summed E-state index contributed by atoms with van der Waals surface area (Å²) < 4.78 is 0. The van der Waals surface area contributed by atoms with E-state index in [0.717, 1.165) is 0 Å². The molecule has 1 aromatic rings. The SMILES string of the molecule is C[C@@H](CS)C(=O)N[C@@H](Cc1ccc(O)c(O)c1)C(=O)O. The molecule has 0 saturated carbocycles. The van der Waals surface area contributed by atoms with Crippen molar-refractivity contribution in [2.45, 2.75) is 19.4 Å². The summed E-state index contributed by atoms with van der Waals surface area (Å²) in [6.45, 7) is 1.65. The zero-order chi connectivity index (χ0) is 15.3. The smallest absolute Gasteiger partial charge is 0.326 e. The number of nitrogens with one attached hydrogen (secondary N) is 1. The van der Waals surface area contributed by atoms with E-state index in [9.17, 15) is 19.8 Å². The Morgan fingerprint density at radius 2 is 1.95 bits per heavy atom. The molecule has 1 amide bonds. The van der Waals surface area contributed by atoms with Gasteiger partial charge in [-0.15, -0.1) is 0 Å². The van der Waals surface area contributed by atoms with Gasteiger partial charge in [-0.1, -0.05) is 13.0 Å². The molecule has 4 N–H and O–H groups in total. The van der Waals surface area contributed by atoms with Crippen molar-refractivity contribution in [1.82, 2.24) is 5.32 Å². The van der Waals surface area contributed by atoms with Crippen molar-refractivity contribution in [2.75, 3.05) is 5.75 Å². The lowest BCUT2D eigenvalue weighted by Gasteiger charge is -2.17. The topological polar surface area (TPSA) is 107 Å². The van der Waals surface area contributed by atoms with E-state index in [1.54, 1.807) is 6.92 Å². The Balaban J connectivity index is 2.79. The van der Waals surface area contributed by atoms with Crippen LogP contribution in [-0.4, -0.2) is 39.0 Å². The molecule has 0 radical (unpaired) electrons. The highest BCUT2D eigenvalue weighted by molar-refractivity contribution is 7.80. The summed E-state index contributed by atoms with van der Waals surface area (Å²) in [7, 11) is 0. The fourth-order valence-corrected chi connectivity index (χ4v) is 1.69. The zero-order valence-corrected chi connectivity index (χ0v) is 11.8. The third kappa shape index (κ3) is 4.34. The first kappa shape index (κ1) is 16.2. The minimum Gasteiger partial charge on any atom is -0.504 e. The average Bonchev–Trinajstić information content (AvgIpc) is 2.40. The van der Waals surface area contributed by atoms with Gasteiger partial charge in [0.1, 0.15) is 6.04 Å². The lowest BCUT2D eigenvalue weighted by atomic mass is 10.0. The molecule has 1 aromatic carbocycles. The summed E-state index contributed by atoms with van der Waals surface area (Å²) >= 11 is 3.98. The van der Waals surface area contributed by atoms with Crippen molar-refractivity contribution in [3.8, 4) is 11.5 Å². The Bertz CT molecular complexity index is 506. The van der Waals surface area contributed by atoms with Crippen LogP contribution in [0.3, 0.4) is 0 Å². The summed E-state index contributed by atoms with van der Waals surface area (Å²) in [5.74, 6) is -2.26. The number of phenols is 2. The maximum Gasteiger partial charge on any atom is 0.326 e. The fraction of sp³-hybridized carbons (Fsp3) is 0.385. The average molecular weight is 299 g/mol. The molecule has 0 bridgehead atoms. The van der Waals surface area contributed by atoms with Gasteiger partial charge in [0.05, 0.1) is 0 Å². The Kier molecular flexibility index (Phi) is 5.69. The second-order valence-corrected chi connectivity index (χ2v) is 4.88. The van der Waals surface area contributed by atoms with E-state index in [4.69, 9.17) is 5.11 Å². The third-order valence-corrected chi connectivity index (χ3v) is 3.36. The first-order valence-electron chi connectivity index (χ1n) is 6.00. The van der Waals surface area contributed by atoms with Gasteiger partial charge >= 0.3 is 5.97 Å². The van der Waals surface area contributed by atoms with E-state index in [0.29, 0.717) is 11.3 Å². The van der Waals surface area contributed by atoms with Gasteiger partial charge in [-0.3, -0.25) is 4.79 Å². The molecule has 20 heavy (non-hydrogen) atoms. The van der Waals surface area contributed by atoms with Crippen molar-refractivity contribution in [3.05, 3.63) is 23.8 Å². The van der Waals surface area contributed by atoms with E-state index in [1.807, 2.05) is 0 Å². The number of hydrogen-bond acceptors (Lipinski definition) is 5. The Hall–Kier alpha value is -1.89. The van der Waals surface area contributed by atoms with Crippen LogP contribution in [0.4, 0.5) is 0 Å². The van der Waals surface area contributed by atoms with Crippen molar-refractivity contribution in [1.29, 1.82) is 0 Å². The molecule has 6 nitrogen and oxygen atoms in total. The Morgan fingerprint density at radius 3 is 2.45 bits per heavy atom. The van der Waals surface area contributed by atoms with Gasteiger partial charge in [-0.2, -0.15) is 12.6 Å². The van der Waals surface area contributed by atoms with Crippen molar-refractivity contribution < 1.29 is 24.9 Å². The van der Waals surface area contributed by atoms with Crippen LogP contribution >= 0.6 is 12.6 Å². The van der Waals surface area contributed by atoms with E-state index < -0.39 is 23.8 Å². The lowest BCUT2D eigenvalue weighted by Crippen LogP contribution is -2.44. The highest BCUT2D eigenvalue weighted by Crippen LogP contribution is 2.25. The minimum absolute atomic E-state index is 0.00814. The van der Waals surface area contributed by atoms with Crippen LogP contribution in [0.5, 0.6) is 11.5 Å². The zero-order valence-electron chi connectivity index (χ0n) is 10.9. The standard InChI is InChI=1S/C13H17NO5S/c1-7(6-20)12(17)14-9(13(18)19)4-8-2-3-10(15)11(16)5-8/h2-3,5,7,9,15-16,20H,4,6H2,1H3,(H,14,17)(H,18,19)/t7-,9-/m0/s1. The number of carbonyl (C=O) groups is 2. The van der Waals surface area contributed by atoms with E-state index in [2.05, 4.69) is 17.9 Å². The number of amides is 1. The van der Waals surface area contributed by atoms with E-state index >= 15 is 0 Å². The number of carboxylic acid groups (broad SMARTS) is 1. The van der Waals surface area contributed by atoms with Crippen LogP contribution in [-0.2, 0) is 16.0 Å². The second-order valence-electron chi connectivity index (χ2n) is 4.51. The number of benzene rings is 1. The number of phenolic OH excluding ortho intramolecular Hbond substituents is 2. The normalized spacial score (nSPS) is 13.5. The van der Waals surface area contributed by atoms with Crippen LogP contribution in [0.1, 0.15) is 12.5 Å². The number of carbonyl (C=O) groups excluding carboxylic acids is 1. The number of hydrogen-bond donors (Lipinski definition) is 5. The molecule has 1 rings (SSSR count). The summed E-state index contributed by atoms with van der Waals surface area (Å²) in [5.41, 5.74) is 0.492. The van der Waals surface area contributed by atoms with Gasteiger partial charge in [0.2, 0.25) is 5.91 Å². The van der Waals surface area contributed by atoms with Gasteiger partial charge in [0, 0.05) is 18.1 Å². The molecular weight excluding hydrogens is 282 g/mol. The van der Waals surface area contributed by atoms with Crippen molar-refractivity contribution in [2.24, 2.45) is 5.92 Å². The van der Waals surface area contributed by atoms with Crippen LogP contribution in [0.2, 0.25) is 0 Å². The van der Waals surface area contributed by atoms with Gasteiger partial charge in [0.15, 0.2) is 11.5 Å². The summed E-state index contributed by atoms with van der Waals surface area (Å²) in [4.78, 5) is 22.8. The number of aliphatic carboxylic acids is 1. The van der Waals surface area contributed by atoms with Crippen LogP contribution in [0, 0.1) is 5.92 Å². The van der Waals surface area contributed by atoms with Gasteiger partial charge < -0.3 is 20.6 Å². The van der Waals surface area contributed by atoms with Gasteiger partial charge in [0.25, 0.3) is 0 Å². The summed E-state index contributed by atoms with van der Waals surface area (Å²) in [6, 6.07) is 2.91. The Labute approximate surface area is 121 Å². The number of aromatic hydroxyl groups is 2. The van der Waals surface area contributed by atoms with Gasteiger partial charge in [-0.05, 0) is 17.7 Å². The second kappa shape index (κ2) is 7.04. The molecule has 2 atom stereocenters. The first-order chi connectivity index (χ1) is 9.35. The molecule has 0 aliphatic carbocycles. The minimum atomic E-state index is -1.17. The summed E-state index contributed by atoms with van der Waals surface area (Å²) in [5, 5.41) is 30.1. The van der Waals surface area contributed by atoms with E-state index in [-0.39, 0.29) is 17.9 Å². The molecule has 0 unspecified atom stereocenters.